The molecule has 0 aromatic carbocycles. The number of halogens is 1. The lowest BCUT2D eigenvalue weighted by molar-refractivity contribution is 0.105. The summed E-state index contributed by atoms with van der Waals surface area (Å²) in [6.45, 7) is 5.88. The molecule has 104 valence electrons. The van der Waals surface area contributed by atoms with Crippen molar-refractivity contribution < 1.29 is 9.15 Å². The van der Waals surface area contributed by atoms with E-state index in [4.69, 9.17) is 14.9 Å². The molecule has 0 saturated heterocycles. The molecule has 1 aromatic rings. The van der Waals surface area contributed by atoms with E-state index in [1.54, 1.807) is 6.26 Å². The molecule has 0 radical (unpaired) electrons. The fraction of sp³-hybridized carbons (Fsp3) is 0.583. The van der Waals surface area contributed by atoms with Crippen molar-refractivity contribution in [3.8, 4) is 0 Å². The largest absolute Gasteiger partial charge is 0.467 e. The van der Waals surface area contributed by atoms with Crippen LogP contribution in [0.15, 0.2) is 27.8 Å². The lowest BCUT2D eigenvalue weighted by Crippen LogP contribution is -2.36. The Bertz CT molecular complexity index is 326. The van der Waals surface area contributed by atoms with Gasteiger partial charge in [0.15, 0.2) is 5.96 Å². The second-order valence-corrected chi connectivity index (χ2v) is 4.05. The van der Waals surface area contributed by atoms with Crippen molar-refractivity contribution in [1.29, 1.82) is 0 Å². The van der Waals surface area contributed by atoms with E-state index in [0.717, 1.165) is 12.2 Å². The third kappa shape index (κ3) is 8.35. The van der Waals surface area contributed by atoms with E-state index in [1.165, 1.54) is 0 Å². The quantitative estimate of drug-likeness (QED) is 0.335. The summed E-state index contributed by atoms with van der Waals surface area (Å²) in [5.74, 6) is 1.33. The Balaban J connectivity index is 0.00000289. The van der Waals surface area contributed by atoms with E-state index >= 15 is 0 Å². The monoisotopic (exact) mass is 367 g/mol. The summed E-state index contributed by atoms with van der Waals surface area (Å²) in [6.07, 6.45) is 2.49. The number of nitrogens with two attached hydrogens (primary N) is 1. The maximum Gasteiger partial charge on any atom is 0.188 e. The molecule has 18 heavy (non-hydrogen) atoms. The Labute approximate surface area is 125 Å². The highest BCUT2D eigenvalue weighted by molar-refractivity contribution is 14.0. The molecule has 0 fully saturated rings. The molecule has 0 aliphatic carbocycles. The lowest BCUT2D eigenvalue weighted by atomic mass is 10.4. The molecule has 1 rings (SSSR count). The standard InChI is InChI=1S/C12H21N3O2.HI/c1-10(2)15-12(13)14-6-4-7-16-9-11-5-3-8-17-11;/h3,5,8,10H,4,6-7,9H2,1-2H3,(H3,13,14,15);1H. The summed E-state index contributed by atoms with van der Waals surface area (Å²) in [7, 11) is 0. The predicted octanol–water partition coefficient (Wildman–Crippen LogP) is 2.12. The summed E-state index contributed by atoms with van der Waals surface area (Å²) < 4.78 is 10.6. The molecule has 6 heteroatoms. The third-order valence-corrected chi connectivity index (χ3v) is 1.99. The van der Waals surface area contributed by atoms with E-state index in [2.05, 4.69) is 10.3 Å². The average molecular weight is 367 g/mol. The molecule has 5 nitrogen and oxygen atoms in total. The molecule has 0 aliphatic heterocycles. The van der Waals surface area contributed by atoms with Crippen molar-refractivity contribution in [2.75, 3.05) is 13.2 Å². The highest BCUT2D eigenvalue weighted by atomic mass is 127. The minimum atomic E-state index is 0. The molecule has 0 amide bonds. The van der Waals surface area contributed by atoms with Gasteiger partial charge in [0.2, 0.25) is 0 Å². The fourth-order valence-corrected chi connectivity index (χ4v) is 1.27. The zero-order chi connectivity index (χ0) is 12.5. The van der Waals surface area contributed by atoms with Crippen LogP contribution in [0.2, 0.25) is 0 Å². The molecule has 0 saturated carbocycles. The molecule has 1 heterocycles. The van der Waals surface area contributed by atoms with Gasteiger partial charge in [-0.15, -0.1) is 24.0 Å². The van der Waals surface area contributed by atoms with E-state index in [-0.39, 0.29) is 24.0 Å². The van der Waals surface area contributed by atoms with E-state index < -0.39 is 0 Å². The summed E-state index contributed by atoms with van der Waals surface area (Å²) in [6, 6.07) is 4.05. The number of rotatable bonds is 7. The number of nitrogens with zero attached hydrogens (tertiary/aromatic N) is 1. The van der Waals surface area contributed by atoms with Crippen LogP contribution >= 0.6 is 24.0 Å². The number of guanidine groups is 1. The molecular weight excluding hydrogens is 345 g/mol. The molecule has 3 N–H and O–H groups in total. The van der Waals surface area contributed by atoms with Crippen LogP contribution in [0.3, 0.4) is 0 Å². The minimum absolute atomic E-state index is 0. The van der Waals surface area contributed by atoms with Crippen molar-refractivity contribution in [3.63, 3.8) is 0 Å². The van der Waals surface area contributed by atoms with Gasteiger partial charge in [-0.05, 0) is 32.4 Å². The smallest absolute Gasteiger partial charge is 0.188 e. The lowest BCUT2D eigenvalue weighted by Gasteiger charge is -2.08. The van der Waals surface area contributed by atoms with Crippen LogP contribution in [-0.4, -0.2) is 25.2 Å². The van der Waals surface area contributed by atoms with Crippen molar-refractivity contribution >= 4 is 29.9 Å². The van der Waals surface area contributed by atoms with Crippen molar-refractivity contribution in [2.45, 2.75) is 32.9 Å². The summed E-state index contributed by atoms with van der Waals surface area (Å²) in [4.78, 5) is 4.18. The van der Waals surface area contributed by atoms with Gasteiger partial charge in [-0.25, -0.2) is 0 Å². The van der Waals surface area contributed by atoms with E-state index in [0.29, 0.717) is 31.8 Å². The summed E-state index contributed by atoms with van der Waals surface area (Å²) in [5.41, 5.74) is 5.65. The molecule has 0 aliphatic rings. The topological polar surface area (TPSA) is 72.8 Å². The summed E-state index contributed by atoms with van der Waals surface area (Å²) in [5, 5.41) is 3.03. The zero-order valence-corrected chi connectivity index (χ0v) is 13.2. The second-order valence-electron chi connectivity index (χ2n) is 4.05. The van der Waals surface area contributed by atoms with Crippen LogP contribution in [-0.2, 0) is 11.3 Å². The van der Waals surface area contributed by atoms with Crippen molar-refractivity contribution in [3.05, 3.63) is 24.2 Å². The number of hydrogen-bond donors (Lipinski definition) is 2. The first-order valence-electron chi connectivity index (χ1n) is 5.85. The molecular formula is C12H22IN3O2. The van der Waals surface area contributed by atoms with E-state index in [9.17, 15) is 0 Å². The molecule has 0 atom stereocenters. The van der Waals surface area contributed by atoms with Crippen molar-refractivity contribution in [2.24, 2.45) is 10.7 Å². The SMILES string of the molecule is CC(C)NC(N)=NCCCOCc1ccco1.I. The van der Waals surface area contributed by atoms with Gasteiger partial charge < -0.3 is 20.2 Å². The first kappa shape index (κ1) is 17.2. The molecule has 0 unspecified atom stereocenters. The van der Waals surface area contributed by atoms with Crippen LogP contribution in [0.25, 0.3) is 0 Å². The highest BCUT2D eigenvalue weighted by Crippen LogP contribution is 2.01. The first-order chi connectivity index (χ1) is 8.18. The molecule has 0 bridgehead atoms. The van der Waals surface area contributed by atoms with Gasteiger partial charge in [-0.1, -0.05) is 0 Å². The molecule has 0 spiro atoms. The van der Waals surface area contributed by atoms with Gasteiger partial charge in [0, 0.05) is 19.2 Å². The Kier molecular flexibility index (Phi) is 9.76. The second kappa shape index (κ2) is 10.2. The van der Waals surface area contributed by atoms with Gasteiger partial charge in [-0.3, -0.25) is 4.99 Å². The normalized spacial score (nSPS) is 11.4. The average Bonchev–Trinajstić information content (AvgIpc) is 2.75. The fourth-order valence-electron chi connectivity index (χ4n) is 1.27. The number of aliphatic imine (C=N–C) groups is 1. The minimum Gasteiger partial charge on any atom is -0.467 e. The third-order valence-electron chi connectivity index (χ3n) is 1.99. The van der Waals surface area contributed by atoms with Gasteiger partial charge in [-0.2, -0.15) is 0 Å². The van der Waals surface area contributed by atoms with E-state index in [1.807, 2.05) is 26.0 Å². The van der Waals surface area contributed by atoms with Crippen LogP contribution in [0.5, 0.6) is 0 Å². The molecule has 1 aromatic heterocycles. The number of nitrogens with one attached hydrogen (secondary N) is 1. The van der Waals surface area contributed by atoms with Gasteiger partial charge >= 0.3 is 0 Å². The number of ether oxygens (including phenoxy) is 1. The van der Waals surface area contributed by atoms with Crippen LogP contribution in [0.4, 0.5) is 0 Å². The van der Waals surface area contributed by atoms with Crippen LogP contribution < -0.4 is 11.1 Å². The Morgan fingerprint density at radius 2 is 2.33 bits per heavy atom. The maximum atomic E-state index is 5.65. The number of furan rings is 1. The summed E-state index contributed by atoms with van der Waals surface area (Å²) >= 11 is 0. The van der Waals surface area contributed by atoms with Gasteiger partial charge in [0.25, 0.3) is 0 Å². The Morgan fingerprint density at radius 3 is 2.94 bits per heavy atom. The van der Waals surface area contributed by atoms with Crippen molar-refractivity contribution in [1.82, 2.24) is 5.32 Å². The first-order valence-corrected chi connectivity index (χ1v) is 5.85. The van der Waals surface area contributed by atoms with Gasteiger partial charge in [0.05, 0.1) is 6.26 Å². The maximum absolute atomic E-state index is 5.65. The van der Waals surface area contributed by atoms with Crippen LogP contribution in [0, 0.1) is 0 Å². The zero-order valence-electron chi connectivity index (χ0n) is 10.9. The van der Waals surface area contributed by atoms with Crippen LogP contribution in [0.1, 0.15) is 26.0 Å². The number of hydrogen-bond acceptors (Lipinski definition) is 3. The predicted molar refractivity (Wildman–Crippen MR) is 83.2 cm³/mol. The highest BCUT2D eigenvalue weighted by Gasteiger charge is 1.96. The Hall–Kier alpha value is -0.760. The van der Waals surface area contributed by atoms with Gasteiger partial charge in [0.1, 0.15) is 12.4 Å². The Morgan fingerprint density at radius 1 is 1.56 bits per heavy atom.